The van der Waals surface area contributed by atoms with Crippen LogP contribution in [0.4, 0.5) is 10.5 Å². The van der Waals surface area contributed by atoms with Crippen LogP contribution in [0.5, 0.6) is 5.75 Å². The van der Waals surface area contributed by atoms with Crippen molar-refractivity contribution in [3.63, 3.8) is 0 Å². The van der Waals surface area contributed by atoms with Crippen molar-refractivity contribution in [3.05, 3.63) is 41.0 Å². The highest BCUT2D eigenvalue weighted by molar-refractivity contribution is 5.99. The molecule has 0 unspecified atom stereocenters. The molecule has 2 aliphatic rings. The lowest BCUT2D eigenvalue weighted by Crippen LogP contribution is -2.39. The third-order valence-electron chi connectivity index (χ3n) is 6.82. The van der Waals surface area contributed by atoms with Crippen LogP contribution in [0.1, 0.15) is 77.2 Å². The number of anilines is 1. The monoisotopic (exact) mass is 603 g/mol. The van der Waals surface area contributed by atoms with Crippen molar-refractivity contribution >= 4 is 29.6 Å². The fourth-order valence-corrected chi connectivity index (χ4v) is 4.66. The fraction of sp³-hybridized carbons (Fsp3) is 0.594. The highest BCUT2D eigenvalue weighted by atomic mass is 16.8. The summed E-state index contributed by atoms with van der Waals surface area (Å²) in [5, 5.41) is 0. The van der Waals surface area contributed by atoms with Crippen LogP contribution in [0.3, 0.4) is 0 Å². The Morgan fingerprint density at radius 3 is 2.49 bits per heavy atom. The summed E-state index contributed by atoms with van der Waals surface area (Å²) < 4.78 is 39.8. The molecule has 0 spiro atoms. The molecule has 43 heavy (non-hydrogen) atoms. The summed E-state index contributed by atoms with van der Waals surface area (Å²) in [6.45, 7) is 12.7. The van der Waals surface area contributed by atoms with Gasteiger partial charge in [-0.15, -0.1) is 0 Å². The van der Waals surface area contributed by atoms with E-state index in [-0.39, 0.29) is 43.5 Å². The van der Waals surface area contributed by atoms with Gasteiger partial charge in [0.25, 0.3) is 0 Å². The lowest BCUT2D eigenvalue weighted by Gasteiger charge is -2.28. The van der Waals surface area contributed by atoms with E-state index in [1.165, 1.54) is 19.1 Å². The van der Waals surface area contributed by atoms with E-state index < -0.39 is 41.8 Å². The van der Waals surface area contributed by atoms with Gasteiger partial charge in [0.15, 0.2) is 18.4 Å². The van der Waals surface area contributed by atoms with Crippen LogP contribution in [-0.2, 0) is 33.2 Å². The Balaban J connectivity index is 2.18. The number of esters is 1. The van der Waals surface area contributed by atoms with Gasteiger partial charge in [-0.05, 0) is 72.1 Å². The number of hydrogen-bond acceptors (Lipinski definition) is 10. The third-order valence-corrected chi connectivity index (χ3v) is 6.82. The van der Waals surface area contributed by atoms with Crippen LogP contribution >= 0.6 is 0 Å². The average Bonchev–Trinajstić information content (AvgIpc) is 3.22. The Bertz CT molecular complexity index is 1230. The lowest BCUT2D eigenvalue weighted by molar-refractivity contribution is -0.154. The maximum atomic E-state index is 13.7. The Labute approximate surface area is 254 Å². The standard InChI is InChI=1S/C32H45NO10/c1-20-13-14-24(34)28-25(41-32(6,7)42-28)12-10-11-22-17-23(33(15-16-37-8)30(36)43-31(3,4)5)18-26(39-19-38-9)27(22)29(35)40-21(20)2/h10-11,13,17-18,21,25,28H,12,14-16,19H2,1-9H3/t21-,25-,28+/m0/s1. The topological polar surface area (TPSA) is 119 Å². The number of methoxy groups -OCH3 is 2. The second-order valence-corrected chi connectivity index (χ2v) is 12.0. The summed E-state index contributed by atoms with van der Waals surface area (Å²) in [7, 11) is 3.00. The molecule has 0 radical (unpaired) electrons. The molecule has 11 nitrogen and oxygen atoms in total. The molecule has 1 amide bonds. The molecule has 2 heterocycles. The molecule has 1 aromatic rings. The zero-order valence-electron chi connectivity index (χ0n) is 26.7. The molecule has 238 valence electrons. The molecule has 1 aromatic carbocycles. The second-order valence-electron chi connectivity index (χ2n) is 12.0. The van der Waals surface area contributed by atoms with Gasteiger partial charge in [-0.1, -0.05) is 18.2 Å². The number of amides is 1. The summed E-state index contributed by atoms with van der Waals surface area (Å²) >= 11 is 0. The van der Waals surface area contributed by atoms with Crippen molar-refractivity contribution in [1.82, 2.24) is 0 Å². The number of fused-ring (bicyclic) bond motifs is 2. The average molecular weight is 604 g/mol. The van der Waals surface area contributed by atoms with Crippen LogP contribution in [0, 0.1) is 0 Å². The maximum absolute atomic E-state index is 13.7. The Morgan fingerprint density at radius 2 is 1.84 bits per heavy atom. The van der Waals surface area contributed by atoms with Gasteiger partial charge < -0.3 is 33.2 Å². The smallest absolute Gasteiger partial charge is 0.414 e. The predicted octanol–water partition coefficient (Wildman–Crippen LogP) is 5.45. The number of benzene rings is 1. The number of hydrogen-bond donors (Lipinski definition) is 0. The Kier molecular flexibility index (Phi) is 11.5. The lowest BCUT2D eigenvalue weighted by atomic mass is 9.99. The number of cyclic esters (lactones) is 1. The molecular formula is C32H45NO10. The van der Waals surface area contributed by atoms with Crippen molar-refractivity contribution in [2.75, 3.05) is 39.1 Å². The summed E-state index contributed by atoms with van der Waals surface area (Å²) in [4.78, 5) is 41.5. The molecule has 0 aliphatic carbocycles. The third kappa shape index (κ3) is 9.37. The van der Waals surface area contributed by atoms with E-state index in [2.05, 4.69) is 0 Å². The van der Waals surface area contributed by atoms with Crippen LogP contribution in [0.2, 0.25) is 0 Å². The van der Waals surface area contributed by atoms with Gasteiger partial charge >= 0.3 is 12.1 Å². The largest absolute Gasteiger partial charge is 0.467 e. The van der Waals surface area contributed by atoms with Crippen LogP contribution < -0.4 is 9.64 Å². The number of nitrogens with zero attached hydrogens (tertiary/aromatic N) is 1. The first-order valence-corrected chi connectivity index (χ1v) is 14.4. The molecule has 3 atom stereocenters. The van der Waals surface area contributed by atoms with Crippen molar-refractivity contribution in [1.29, 1.82) is 0 Å². The van der Waals surface area contributed by atoms with Crippen molar-refractivity contribution in [3.8, 4) is 5.75 Å². The number of carbonyl (C=O) groups is 3. The quantitative estimate of drug-likeness (QED) is 0.226. The zero-order chi connectivity index (χ0) is 31.9. The molecule has 1 saturated heterocycles. The minimum atomic E-state index is -0.931. The highest BCUT2D eigenvalue weighted by Gasteiger charge is 2.44. The fourth-order valence-electron chi connectivity index (χ4n) is 4.66. The van der Waals surface area contributed by atoms with Gasteiger partial charge in [0, 0.05) is 26.7 Å². The van der Waals surface area contributed by atoms with E-state index in [0.717, 1.165) is 0 Å². The van der Waals surface area contributed by atoms with E-state index in [1.807, 2.05) is 0 Å². The summed E-state index contributed by atoms with van der Waals surface area (Å²) in [6.07, 6.45) is 3.19. The van der Waals surface area contributed by atoms with Crippen molar-refractivity contribution in [2.24, 2.45) is 0 Å². The normalized spacial score (nSPS) is 22.5. The Hall–Kier alpha value is -3.25. The Morgan fingerprint density at radius 1 is 1.12 bits per heavy atom. The van der Waals surface area contributed by atoms with E-state index in [9.17, 15) is 14.4 Å². The molecule has 0 N–H and O–H groups in total. The van der Waals surface area contributed by atoms with Gasteiger partial charge in [0.1, 0.15) is 29.1 Å². The van der Waals surface area contributed by atoms with Crippen LogP contribution in [-0.4, -0.2) is 81.7 Å². The zero-order valence-corrected chi connectivity index (χ0v) is 26.7. The molecule has 0 bridgehead atoms. The van der Waals surface area contributed by atoms with Gasteiger partial charge in [-0.2, -0.15) is 0 Å². The van der Waals surface area contributed by atoms with Gasteiger partial charge in [-0.25, -0.2) is 9.59 Å². The van der Waals surface area contributed by atoms with Gasteiger partial charge in [0.2, 0.25) is 0 Å². The maximum Gasteiger partial charge on any atom is 0.414 e. The van der Waals surface area contributed by atoms with E-state index in [4.69, 9.17) is 33.2 Å². The van der Waals surface area contributed by atoms with E-state index in [0.29, 0.717) is 23.2 Å². The molecule has 0 saturated carbocycles. The SMILES string of the molecule is COCCN(C(=O)OC(C)(C)C)c1cc2c(c(OCOC)c1)C(=O)O[C@@H](C)C(C)=CCC(=O)[C@H]1OC(C)(C)O[C@H]1CC=C2. The summed E-state index contributed by atoms with van der Waals surface area (Å²) in [5.41, 5.74) is 0.945. The molecule has 0 aromatic heterocycles. The molecule has 1 fully saturated rings. The van der Waals surface area contributed by atoms with Crippen LogP contribution in [0.25, 0.3) is 6.08 Å². The first-order chi connectivity index (χ1) is 20.2. The summed E-state index contributed by atoms with van der Waals surface area (Å²) in [5.74, 6) is -1.53. The number of ether oxygens (including phenoxy) is 7. The number of ketones is 1. The number of allylic oxidation sites excluding steroid dienone is 1. The first kappa shape index (κ1) is 34.2. The molecular weight excluding hydrogens is 558 g/mol. The second kappa shape index (κ2) is 14.5. The number of Topliss-reactive ketones (excluding diaryl/α,β-unsaturated/α-hetero) is 1. The summed E-state index contributed by atoms with van der Waals surface area (Å²) in [6, 6.07) is 3.26. The number of rotatable bonds is 7. The predicted molar refractivity (Wildman–Crippen MR) is 160 cm³/mol. The van der Waals surface area contributed by atoms with E-state index in [1.54, 1.807) is 78.8 Å². The highest BCUT2D eigenvalue weighted by Crippen LogP contribution is 2.35. The van der Waals surface area contributed by atoms with Crippen molar-refractivity contribution in [2.45, 2.75) is 91.0 Å². The molecule has 3 rings (SSSR count). The van der Waals surface area contributed by atoms with E-state index >= 15 is 0 Å². The number of carbonyl (C=O) groups excluding carboxylic acids is 3. The van der Waals surface area contributed by atoms with Gasteiger partial charge in [0.05, 0.1) is 24.9 Å². The van der Waals surface area contributed by atoms with Gasteiger partial charge in [-0.3, -0.25) is 9.69 Å². The first-order valence-electron chi connectivity index (χ1n) is 14.4. The molecule has 2 aliphatic heterocycles. The van der Waals surface area contributed by atoms with Crippen molar-refractivity contribution < 1.29 is 47.5 Å². The molecule has 11 heteroatoms. The minimum Gasteiger partial charge on any atom is -0.467 e. The van der Waals surface area contributed by atoms with Crippen LogP contribution in [0.15, 0.2) is 29.9 Å². The minimum absolute atomic E-state index is 0.113.